The van der Waals surface area contributed by atoms with Crippen LogP contribution in [0.25, 0.3) is 4.95 Å². The second-order valence-corrected chi connectivity index (χ2v) is 1.75. The standard InChI is InChI=1S/C5H9N3O4/c1-6-8(4-11)5(12)7(2-9)3-10/h9-11H,2-4H2. The summed E-state index contributed by atoms with van der Waals surface area (Å²) in [6.07, 6.45) is 0. The summed E-state index contributed by atoms with van der Waals surface area (Å²) in [7, 11) is 0. The predicted molar refractivity (Wildman–Crippen MR) is 36.9 cm³/mol. The van der Waals surface area contributed by atoms with Crippen LogP contribution in [0.1, 0.15) is 0 Å². The monoisotopic (exact) mass is 175 g/mol. The zero-order valence-corrected chi connectivity index (χ0v) is 6.21. The van der Waals surface area contributed by atoms with E-state index in [1.165, 1.54) is 0 Å². The van der Waals surface area contributed by atoms with E-state index in [4.69, 9.17) is 21.9 Å². The minimum absolute atomic E-state index is 0.368. The van der Waals surface area contributed by atoms with Crippen LogP contribution < -0.4 is 0 Å². The van der Waals surface area contributed by atoms with E-state index in [1.54, 1.807) is 0 Å². The Morgan fingerprint density at radius 3 is 2.00 bits per heavy atom. The Labute approximate surface area is 68.8 Å². The van der Waals surface area contributed by atoms with Gasteiger partial charge in [-0.15, -0.1) is 0 Å². The molecule has 0 heterocycles. The van der Waals surface area contributed by atoms with E-state index in [1.807, 2.05) is 0 Å². The predicted octanol–water partition coefficient (Wildman–Crippen LogP) is -1.61. The van der Waals surface area contributed by atoms with E-state index in [0.717, 1.165) is 0 Å². The maximum absolute atomic E-state index is 10.9. The number of aliphatic hydroxyl groups excluding tert-OH is 3. The Morgan fingerprint density at radius 2 is 1.75 bits per heavy atom. The first-order chi connectivity index (χ1) is 5.71. The Kier molecular flexibility index (Phi) is 4.71. The van der Waals surface area contributed by atoms with Gasteiger partial charge in [-0.3, -0.25) is 4.90 Å². The maximum atomic E-state index is 10.9. The number of rotatable bonds is 3. The third-order valence-corrected chi connectivity index (χ3v) is 1.09. The van der Waals surface area contributed by atoms with E-state index < -0.39 is 26.2 Å². The van der Waals surface area contributed by atoms with Crippen LogP contribution >= 0.6 is 0 Å². The molecule has 0 saturated carbocycles. The molecule has 7 heteroatoms. The second-order valence-electron chi connectivity index (χ2n) is 1.75. The second kappa shape index (κ2) is 5.31. The van der Waals surface area contributed by atoms with Gasteiger partial charge >= 0.3 is 6.03 Å². The SMILES string of the molecule is [C-]#[N+]N(CO)C(=O)N(CO)CO. The number of amides is 2. The first kappa shape index (κ1) is 10.6. The van der Waals surface area contributed by atoms with Crippen molar-refractivity contribution in [1.29, 1.82) is 0 Å². The van der Waals surface area contributed by atoms with E-state index in [0.29, 0.717) is 9.91 Å². The van der Waals surface area contributed by atoms with Gasteiger partial charge in [-0.2, -0.15) is 11.5 Å². The van der Waals surface area contributed by atoms with Crippen LogP contribution in [0.2, 0.25) is 0 Å². The highest BCUT2D eigenvalue weighted by atomic mass is 16.3. The van der Waals surface area contributed by atoms with Gasteiger partial charge in [-0.05, 0) is 0 Å². The molecule has 0 aliphatic heterocycles. The highest BCUT2D eigenvalue weighted by Crippen LogP contribution is 1.96. The number of urea groups is 1. The Balaban J connectivity index is 4.25. The van der Waals surface area contributed by atoms with Gasteiger partial charge in [-0.1, -0.05) is 0 Å². The molecular weight excluding hydrogens is 166 g/mol. The van der Waals surface area contributed by atoms with Crippen LogP contribution in [-0.2, 0) is 0 Å². The molecule has 0 bridgehead atoms. The molecular formula is C5H9N3O4. The Morgan fingerprint density at radius 1 is 1.25 bits per heavy atom. The molecule has 0 atom stereocenters. The van der Waals surface area contributed by atoms with Gasteiger partial charge in [-0.25, -0.2) is 4.79 Å². The van der Waals surface area contributed by atoms with Gasteiger partial charge in [0.2, 0.25) is 0 Å². The molecule has 0 fully saturated rings. The average Bonchev–Trinajstić information content (AvgIpc) is 2.09. The molecule has 0 aliphatic carbocycles. The topological polar surface area (TPSA) is 88.6 Å². The molecule has 0 rings (SSSR count). The van der Waals surface area contributed by atoms with Crippen LogP contribution in [0, 0.1) is 6.57 Å². The highest BCUT2D eigenvalue weighted by Gasteiger charge is 2.22. The molecule has 0 aromatic carbocycles. The number of aliphatic hydroxyl groups is 3. The summed E-state index contributed by atoms with van der Waals surface area (Å²) in [4.78, 5) is 14.1. The maximum Gasteiger partial charge on any atom is 0.392 e. The molecule has 0 aromatic heterocycles. The third kappa shape index (κ3) is 2.35. The normalized spacial score (nSPS) is 8.83. The number of carbonyl (C=O) groups is 1. The highest BCUT2D eigenvalue weighted by molar-refractivity contribution is 5.74. The number of carbonyl (C=O) groups excluding carboxylic acids is 1. The lowest BCUT2D eigenvalue weighted by atomic mass is 10.7. The van der Waals surface area contributed by atoms with Gasteiger partial charge in [0.1, 0.15) is 13.5 Å². The van der Waals surface area contributed by atoms with Crippen LogP contribution in [0.5, 0.6) is 0 Å². The Bertz CT molecular complexity index is 186. The van der Waals surface area contributed by atoms with E-state index in [9.17, 15) is 4.79 Å². The van der Waals surface area contributed by atoms with Crippen molar-refractivity contribution in [1.82, 2.24) is 9.91 Å². The van der Waals surface area contributed by atoms with Crippen molar-refractivity contribution >= 4 is 6.03 Å². The van der Waals surface area contributed by atoms with Gasteiger partial charge in [0.25, 0.3) is 0 Å². The number of hydrogen-bond donors (Lipinski definition) is 3. The molecule has 68 valence electrons. The quantitative estimate of drug-likeness (QED) is 0.273. The molecule has 7 nitrogen and oxygen atoms in total. The fourth-order valence-corrected chi connectivity index (χ4v) is 0.464. The van der Waals surface area contributed by atoms with Crippen LogP contribution in [0.15, 0.2) is 0 Å². The van der Waals surface area contributed by atoms with Crippen LogP contribution in [0.3, 0.4) is 0 Å². The minimum Gasteiger partial charge on any atom is -0.376 e. The van der Waals surface area contributed by atoms with Gasteiger partial charge in [0.15, 0.2) is 6.73 Å². The van der Waals surface area contributed by atoms with E-state index >= 15 is 0 Å². The van der Waals surface area contributed by atoms with Gasteiger partial charge in [0.05, 0.1) is 0 Å². The minimum atomic E-state index is -0.947. The number of hydrogen-bond acceptors (Lipinski definition) is 4. The summed E-state index contributed by atoms with van der Waals surface area (Å²) in [6.45, 7) is 4.22. The lowest BCUT2D eigenvalue weighted by molar-refractivity contribution is 0.0353. The molecule has 0 spiro atoms. The van der Waals surface area contributed by atoms with Crippen molar-refractivity contribution in [3.63, 3.8) is 0 Å². The largest absolute Gasteiger partial charge is 0.392 e. The molecule has 0 aliphatic rings. The molecule has 0 unspecified atom stereocenters. The summed E-state index contributed by atoms with van der Waals surface area (Å²) in [5.74, 6) is 0. The lowest BCUT2D eigenvalue weighted by Gasteiger charge is -2.16. The zero-order valence-electron chi connectivity index (χ0n) is 6.21. The lowest BCUT2D eigenvalue weighted by Crippen LogP contribution is -2.41. The van der Waals surface area contributed by atoms with E-state index in [-0.39, 0.29) is 0 Å². The summed E-state index contributed by atoms with van der Waals surface area (Å²) < 4.78 is 0. The summed E-state index contributed by atoms with van der Waals surface area (Å²) >= 11 is 0. The molecule has 0 saturated heterocycles. The zero-order chi connectivity index (χ0) is 9.56. The van der Waals surface area contributed by atoms with Crippen molar-refractivity contribution in [3.8, 4) is 0 Å². The number of nitrogens with zero attached hydrogens (tertiary/aromatic N) is 3. The first-order valence-corrected chi connectivity index (χ1v) is 2.97. The molecule has 0 aromatic rings. The van der Waals surface area contributed by atoms with Crippen LogP contribution in [0.4, 0.5) is 4.79 Å². The molecule has 0 radical (unpaired) electrons. The fraction of sp³-hybridized carbons (Fsp3) is 0.600. The molecule has 3 N–H and O–H groups in total. The molecule has 12 heavy (non-hydrogen) atoms. The van der Waals surface area contributed by atoms with Crippen molar-refractivity contribution in [3.05, 3.63) is 11.5 Å². The Hall–Kier alpha value is -1.36. The summed E-state index contributed by atoms with van der Waals surface area (Å²) in [5, 5.41) is 25.7. The average molecular weight is 175 g/mol. The summed E-state index contributed by atoms with van der Waals surface area (Å²) in [5.41, 5.74) is 0. The van der Waals surface area contributed by atoms with Crippen molar-refractivity contribution in [2.75, 3.05) is 20.2 Å². The van der Waals surface area contributed by atoms with Gasteiger partial charge < -0.3 is 15.3 Å². The first-order valence-electron chi connectivity index (χ1n) is 2.97. The van der Waals surface area contributed by atoms with Crippen molar-refractivity contribution < 1.29 is 20.1 Å². The summed E-state index contributed by atoms with van der Waals surface area (Å²) in [6, 6.07) is -0.947. The third-order valence-electron chi connectivity index (χ3n) is 1.09. The van der Waals surface area contributed by atoms with Crippen LogP contribution in [-0.4, -0.2) is 51.5 Å². The molecule has 2 amide bonds. The smallest absolute Gasteiger partial charge is 0.376 e. The van der Waals surface area contributed by atoms with Gasteiger partial charge in [0, 0.05) is 5.01 Å². The van der Waals surface area contributed by atoms with Crippen molar-refractivity contribution in [2.24, 2.45) is 0 Å². The fourth-order valence-electron chi connectivity index (χ4n) is 0.464. The van der Waals surface area contributed by atoms with Crippen molar-refractivity contribution in [2.45, 2.75) is 0 Å². The van der Waals surface area contributed by atoms with E-state index in [2.05, 4.69) is 4.95 Å².